The van der Waals surface area contributed by atoms with Crippen molar-refractivity contribution in [3.8, 4) is 5.75 Å². The van der Waals surface area contributed by atoms with Crippen molar-refractivity contribution < 1.29 is 19.4 Å². The molecule has 0 spiro atoms. The Morgan fingerprint density at radius 3 is 2.65 bits per heavy atom. The molecule has 1 aromatic carbocycles. The summed E-state index contributed by atoms with van der Waals surface area (Å²) in [6.07, 6.45) is 1.59. The van der Waals surface area contributed by atoms with E-state index in [1.54, 1.807) is 24.5 Å². The van der Waals surface area contributed by atoms with Crippen molar-refractivity contribution in [2.24, 2.45) is 0 Å². The Morgan fingerprint density at radius 1 is 1.41 bits per heavy atom. The average Bonchev–Trinajstić information content (AvgIpc) is 2.34. The van der Waals surface area contributed by atoms with E-state index in [1.807, 2.05) is 13.8 Å². The molecule has 17 heavy (non-hydrogen) atoms. The highest BCUT2D eigenvalue weighted by molar-refractivity contribution is 5.89. The van der Waals surface area contributed by atoms with Crippen LogP contribution in [-0.4, -0.2) is 18.2 Å². The summed E-state index contributed by atoms with van der Waals surface area (Å²) in [5.41, 5.74) is 1.94. The van der Waals surface area contributed by atoms with Crippen LogP contribution in [0.3, 0.4) is 0 Å². The van der Waals surface area contributed by atoms with Gasteiger partial charge in [-0.05, 0) is 37.6 Å². The summed E-state index contributed by atoms with van der Waals surface area (Å²) in [4.78, 5) is 11.3. The molecule has 0 aliphatic rings. The Balaban J connectivity index is 3.01. The van der Waals surface area contributed by atoms with Gasteiger partial charge in [0.2, 0.25) is 0 Å². The maximum absolute atomic E-state index is 11.3. The zero-order valence-electron chi connectivity index (χ0n) is 10.2. The predicted octanol–water partition coefficient (Wildman–Crippen LogP) is 2.27. The Labute approximate surface area is 100 Å². The highest BCUT2D eigenvalue weighted by atomic mass is 16.5. The summed E-state index contributed by atoms with van der Waals surface area (Å²) in [6, 6.07) is 4.79. The Kier molecular flexibility index (Phi) is 4.72. The number of allylic oxidation sites excluding steroid dienone is 1. The monoisotopic (exact) mass is 236 g/mol. The standard InChI is InChI=1S/C13H16O4/c1-9(2)8-17-12-5-4-10(13(15)16-3)6-11(12)7-14/h4-6,8,14H,7H2,1-3H3. The SMILES string of the molecule is COC(=O)c1ccc(OC=C(C)C)c(CO)c1. The molecular weight excluding hydrogens is 220 g/mol. The van der Waals surface area contributed by atoms with Gasteiger partial charge < -0.3 is 14.6 Å². The number of ether oxygens (including phenoxy) is 2. The predicted molar refractivity (Wildman–Crippen MR) is 63.8 cm³/mol. The van der Waals surface area contributed by atoms with Gasteiger partial charge in [-0.3, -0.25) is 0 Å². The number of aliphatic hydroxyl groups excluding tert-OH is 1. The van der Waals surface area contributed by atoms with Crippen LogP contribution in [0.1, 0.15) is 29.8 Å². The fourth-order valence-corrected chi connectivity index (χ4v) is 1.24. The van der Waals surface area contributed by atoms with Crippen LogP contribution in [-0.2, 0) is 11.3 Å². The lowest BCUT2D eigenvalue weighted by atomic mass is 10.1. The lowest BCUT2D eigenvalue weighted by molar-refractivity contribution is 0.0600. The minimum Gasteiger partial charge on any atom is -0.465 e. The number of hydrogen-bond donors (Lipinski definition) is 1. The number of carbonyl (C=O) groups excluding carboxylic acids is 1. The van der Waals surface area contributed by atoms with Crippen LogP contribution >= 0.6 is 0 Å². The zero-order chi connectivity index (χ0) is 12.8. The fraction of sp³-hybridized carbons (Fsp3) is 0.308. The van der Waals surface area contributed by atoms with Crippen LogP contribution in [0.25, 0.3) is 0 Å². The first-order valence-corrected chi connectivity index (χ1v) is 5.20. The lowest BCUT2D eigenvalue weighted by Crippen LogP contribution is -2.03. The average molecular weight is 236 g/mol. The van der Waals surface area contributed by atoms with Crippen LogP contribution in [0.2, 0.25) is 0 Å². The molecule has 0 fully saturated rings. The molecule has 0 amide bonds. The number of hydrogen-bond acceptors (Lipinski definition) is 4. The molecule has 1 N–H and O–H groups in total. The Morgan fingerprint density at radius 2 is 2.12 bits per heavy atom. The lowest BCUT2D eigenvalue weighted by Gasteiger charge is -2.08. The van der Waals surface area contributed by atoms with Gasteiger partial charge in [0.25, 0.3) is 0 Å². The van der Waals surface area contributed by atoms with Gasteiger partial charge >= 0.3 is 5.97 Å². The van der Waals surface area contributed by atoms with Gasteiger partial charge in [0.1, 0.15) is 5.75 Å². The van der Waals surface area contributed by atoms with Gasteiger partial charge in [0.05, 0.1) is 25.5 Å². The number of carbonyl (C=O) groups is 1. The van der Waals surface area contributed by atoms with Crippen LogP contribution in [0.5, 0.6) is 5.75 Å². The third-order valence-corrected chi connectivity index (χ3v) is 2.07. The van der Waals surface area contributed by atoms with E-state index in [0.717, 1.165) is 5.57 Å². The molecule has 4 heteroatoms. The van der Waals surface area contributed by atoms with Crippen molar-refractivity contribution in [1.29, 1.82) is 0 Å². The maximum atomic E-state index is 11.3. The van der Waals surface area contributed by atoms with E-state index in [4.69, 9.17) is 4.74 Å². The molecule has 1 aromatic rings. The highest BCUT2D eigenvalue weighted by Crippen LogP contribution is 2.21. The molecule has 0 bridgehead atoms. The van der Waals surface area contributed by atoms with E-state index in [2.05, 4.69) is 4.74 Å². The largest absolute Gasteiger partial charge is 0.465 e. The zero-order valence-corrected chi connectivity index (χ0v) is 10.2. The molecular formula is C13H16O4. The van der Waals surface area contributed by atoms with E-state index in [0.29, 0.717) is 16.9 Å². The second-order valence-corrected chi connectivity index (χ2v) is 3.79. The molecule has 0 aliphatic heterocycles. The molecule has 0 atom stereocenters. The molecule has 0 heterocycles. The first-order chi connectivity index (χ1) is 8.08. The van der Waals surface area contributed by atoms with Crippen molar-refractivity contribution in [2.75, 3.05) is 7.11 Å². The molecule has 4 nitrogen and oxygen atoms in total. The molecule has 1 rings (SSSR count). The minimum atomic E-state index is -0.437. The summed E-state index contributed by atoms with van der Waals surface area (Å²) >= 11 is 0. The molecule has 0 saturated carbocycles. The first-order valence-electron chi connectivity index (χ1n) is 5.20. The second-order valence-electron chi connectivity index (χ2n) is 3.79. The highest BCUT2D eigenvalue weighted by Gasteiger charge is 2.09. The van der Waals surface area contributed by atoms with Gasteiger partial charge in [-0.2, -0.15) is 0 Å². The van der Waals surface area contributed by atoms with Crippen LogP contribution in [0.15, 0.2) is 30.0 Å². The summed E-state index contributed by atoms with van der Waals surface area (Å²) in [5, 5.41) is 9.21. The van der Waals surface area contributed by atoms with Crippen LogP contribution in [0, 0.1) is 0 Å². The fourth-order valence-electron chi connectivity index (χ4n) is 1.24. The number of methoxy groups -OCH3 is 1. The third-order valence-electron chi connectivity index (χ3n) is 2.07. The van der Waals surface area contributed by atoms with E-state index >= 15 is 0 Å². The van der Waals surface area contributed by atoms with Gasteiger partial charge in [-0.1, -0.05) is 0 Å². The molecule has 0 aromatic heterocycles. The molecule has 0 unspecified atom stereocenters. The van der Waals surface area contributed by atoms with Gasteiger partial charge in [0.15, 0.2) is 0 Å². The third kappa shape index (κ3) is 3.60. The van der Waals surface area contributed by atoms with E-state index in [-0.39, 0.29) is 6.61 Å². The first kappa shape index (κ1) is 13.3. The smallest absolute Gasteiger partial charge is 0.337 e. The van der Waals surface area contributed by atoms with E-state index < -0.39 is 5.97 Å². The normalized spacial score (nSPS) is 9.65. The number of esters is 1. The molecule has 0 radical (unpaired) electrons. The van der Waals surface area contributed by atoms with E-state index in [9.17, 15) is 9.90 Å². The summed E-state index contributed by atoms with van der Waals surface area (Å²) in [5.74, 6) is 0.0924. The summed E-state index contributed by atoms with van der Waals surface area (Å²) < 4.78 is 9.98. The van der Waals surface area contributed by atoms with Crippen molar-refractivity contribution in [2.45, 2.75) is 20.5 Å². The van der Waals surface area contributed by atoms with Crippen LogP contribution < -0.4 is 4.74 Å². The Bertz CT molecular complexity index is 431. The summed E-state index contributed by atoms with van der Waals surface area (Å²) in [6.45, 7) is 3.61. The molecule has 92 valence electrons. The molecule has 0 aliphatic carbocycles. The van der Waals surface area contributed by atoms with Crippen molar-refractivity contribution in [1.82, 2.24) is 0 Å². The number of benzene rings is 1. The van der Waals surface area contributed by atoms with E-state index in [1.165, 1.54) is 7.11 Å². The summed E-state index contributed by atoms with van der Waals surface area (Å²) in [7, 11) is 1.31. The maximum Gasteiger partial charge on any atom is 0.337 e. The number of aliphatic hydroxyl groups is 1. The quantitative estimate of drug-likeness (QED) is 0.643. The molecule has 0 saturated heterocycles. The number of rotatable bonds is 4. The van der Waals surface area contributed by atoms with Crippen molar-refractivity contribution in [3.05, 3.63) is 41.2 Å². The van der Waals surface area contributed by atoms with Gasteiger partial charge in [-0.25, -0.2) is 4.79 Å². The minimum absolute atomic E-state index is 0.198. The Hall–Kier alpha value is -1.81. The second kappa shape index (κ2) is 6.06. The van der Waals surface area contributed by atoms with Gasteiger partial charge in [-0.15, -0.1) is 0 Å². The van der Waals surface area contributed by atoms with Crippen molar-refractivity contribution >= 4 is 5.97 Å². The van der Waals surface area contributed by atoms with Gasteiger partial charge in [0, 0.05) is 5.56 Å². The van der Waals surface area contributed by atoms with Crippen molar-refractivity contribution in [3.63, 3.8) is 0 Å². The topological polar surface area (TPSA) is 55.8 Å². The van der Waals surface area contributed by atoms with Crippen LogP contribution in [0.4, 0.5) is 0 Å².